The van der Waals surface area contributed by atoms with Crippen molar-refractivity contribution < 1.29 is 4.57 Å². The number of hydrogen-bond acceptors (Lipinski definition) is 1. The number of nitrogens with zero attached hydrogens (tertiary/aromatic N) is 1. The molecule has 0 unspecified atom stereocenters. The summed E-state index contributed by atoms with van der Waals surface area (Å²) in [6, 6.07) is 27.8. The molecule has 0 saturated heterocycles. The van der Waals surface area contributed by atoms with Gasteiger partial charge in [-0.25, -0.2) is 0 Å². The van der Waals surface area contributed by atoms with Gasteiger partial charge in [-0.15, -0.1) is 0 Å². The number of aromatic nitrogens is 1. The highest BCUT2D eigenvalue weighted by Crippen LogP contribution is 2.28. The Morgan fingerprint density at radius 2 is 1.30 bits per heavy atom. The molecule has 2 heteroatoms. The highest BCUT2D eigenvalue weighted by Gasteiger charge is 2.16. The first kappa shape index (κ1) is 15.4. The van der Waals surface area contributed by atoms with Gasteiger partial charge in [0.1, 0.15) is 0 Å². The molecule has 3 aromatic rings. The van der Waals surface area contributed by atoms with Gasteiger partial charge in [0.15, 0.2) is 18.6 Å². The summed E-state index contributed by atoms with van der Waals surface area (Å²) in [5.74, 6) is 0.406. The summed E-state index contributed by atoms with van der Waals surface area (Å²) in [6.07, 6.45) is 4.12. The first-order chi connectivity index (χ1) is 11.4. The van der Waals surface area contributed by atoms with Gasteiger partial charge in [0.25, 0.3) is 0 Å². The minimum absolute atomic E-state index is 0.406. The fraction of sp³-hybridized carbons (Fsp3) is 0.190. The molecule has 0 amide bonds. The van der Waals surface area contributed by atoms with Crippen molar-refractivity contribution in [3.63, 3.8) is 0 Å². The Kier molecular flexibility index (Phi) is 5.17. The van der Waals surface area contributed by atoms with Crippen LogP contribution in [-0.4, -0.2) is 0 Å². The van der Waals surface area contributed by atoms with Gasteiger partial charge in [-0.05, 0) is 17.5 Å². The van der Waals surface area contributed by atoms with Crippen LogP contribution in [0.25, 0.3) is 0 Å². The summed E-state index contributed by atoms with van der Waals surface area (Å²) >= 11 is 0. The van der Waals surface area contributed by atoms with Crippen LogP contribution in [0.1, 0.15) is 29.2 Å². The molecule has 1 aromatic heterocycles. The first-order valence-electron chi connectivity index (χ1n) is 8.16. The van der Waals surface area contributed by atoms with Gasteiger partial charge in [-0.3, -0.25) is 5.73 Å². The smallest absolute Gasteiger partial charge is 0.199 e. The van der Waals surface area contributed by atoms with Crippen LogP contribution < -0.4 is 10.3 Å². The maximum Gasteiger partial charge on any atom is 0.199 e. The Morgan fingerprint density at radius 1 is 0.739 bits per heavy atom. The molecule has 0 aliphatic heterocycles. The Hall–Kier alpha value is -2.45. The van der Waals surface area contributed by atoms with E-state index in [9.17, 15) is 0 Å². The standard InChI is InChI=1S/C21H23N2/c22-17-23-16-8-7-13-20(23)14-15-21(18-9-3-1-4-10-18)19-11-5-2-6-12-19/h1-13,16,21H,14-15,17,22H2/q+1. The highest BCUT2D eigenvalue weighted by atomic mass is 15.0. The third-order valence-corrected chi connectivity index (χ3v) is 4.32. The molecule has 0 bridgehead atoms. The normalized spacial score (nSPS) is 10.9. The van der Waals surface area contributed by atoms with Crippen molar-refractivity contribution in [1.82, 2.24) is 0 Å². The topological polar surface area (TPSA) is 29.9 Å². The fourth-order valence-electron chi connectivity index (χ4n) is 3.11. The molecular formula is C21H23N2+. The van der Waals surface area contributed by atoms with Crippen molar-refractivity contribution in [2.45, 2.75) is 25.4 Å². The van der Waals surface area contributed by atoms with Crippen molar-refractivity contribution in [2.24, 2.45) is 5.73 Å². The maximum absolute atomic E-state index is 5.84. The van der Waals surface area contributed by atoms with Crippen molar-refractivity contribution in [2.75, 3.05) is 0 Å². The van der Waals surface area contributed by atoms with Gasteiger partial charge in [0.05, 0.1) is 0 Å². The number of aryl methyl sites for hydroxylation is 1. The average Bonchev–Trinajstić information content (AvgIpc) is 2.64. The largest absolute Gasteiger partial charge is 0.275 e. The van der Waals surface area contributed by atoms with Crippen LogP contribution in [0.4, 0.5) is 0 Å². The first-order valence-corrected chi connectivity index (χ1v) is 8.16. The monoisotopic (exact) mass is 303 g/mol. The van der Waals surface area contributed by atoms with E-state index in [0.717, 1.165) is 12.8 Å². The van der Waals surface area contributed by atoms with Crippen LogP contribution in [0, 0.1) is 0 Å². The zero-order valence-corrected chi connectivity index (χ0v) is 13.3. The van der Waals surface area contributed by atoms with Gasteiger partial charge in [0, 0.05) is 24.5 Å². The molecular weight excluding hydrogens is 280 g/mol. The van der Waals surface area contributed by atoms with Gasteiger partial charge in [-0.2, -0.15) is 4.57 Å². The van der Waals surface area contributed by atoms with Gasteiger partial charge >= 0.3 is 0 Å². The molecule has 0 aliphatic carbocycles. The lowest BCUT2D eigenvalue weighted by Gasteiger charge is -2.17. The molecule has 0 aliphatic rings. The molecule has 0 spiro atoms. The lowest BCUT2D eigenvalue weighted by atomic mass is 9.87. The fourth-order valence-corrected chi connectivity index (χ4v) is 3.11. The quantitative estimate of drug-likeness (QED) is 0.692. The molecule has 1 heterocycles. The molecule has 0 fully saturated rings. The highest BCUT2D eigenvalue weighted by molar-refractivity contribution is 5.32. The van der Waals surface area contributed by atoms with E-state index in [2.05, 4.69) is 83.6 Å². The van der Waals surface area contributed by atoms with Gasteiger partial charge < -0.3 is 0 Å². The Balaban J connectivity index is 1.85. The van der Waals surface area contributed by atoms with Crippen LogP contribution in [-0.2, 0) is 13.1 Å². The van der Waals surface area contributed by atoms with E-state index in [1.165, 1.54) is 16.8 Å². The number of pyridine rings is 1. The Morgan fingerprint density at radius 3 is 1.87 bits per heavy atom. The molecule has 23 heavy (non-hydrogen) atoms. The lowest BCUT2D eigenvalue weighted by Crippen LogP contribution is -2.42. The molecule has 0 radical (unpaired) electrons. The van der Waals surface area contributed by atoms with E-state index < -0.39 is 0 Å². The number of benzene rings is 2. The van der Waals surface area contributed by atoms with Crippen LogP contribution >= 0.6 is 0 Å². The number of hydrogen-bond donors (Lipinski definition) is 1. The van der Waals surface area contributed by atoms with Crippen LogP contribution in [0.2, 0.25) is 0 Å². The lowest BCUT2D eigenvalue weighted by molar-refractivity contribution is -0.703. The molecule has 2 aromatic carbocycles. The summed E-state index contributed by atoms with van der Waals surface area (Å²) in [6.45, 7) is 0.525. The zero-order valence-electron chi connectivity index (χ0n) is 13.3. The molecule has 0 saturated carbocycles. The molecule has 3 rings (SSSR count). The van der Waals surface area contributed by atoms with Crippen molar-refractivity contribution >= 4 is 0 Å². The summed E-state index contributed by atoms with van der Waals surface area (Å²) in [7, 11) is 0. The van der Waals surface area contributed by atoms with Crippen LogP contribution in [0.15, 0.2) is 85.1 Å². The van der Waals surface area contributed by atoms with E-state index in [4.69, 9.17) is 5.73 Å². The summed E-state index contributed by atoms with van der Waals surface area (Å²) in [5, 5.41) is 0. The van der Waals surface area contributed by atoms with Gasteiger partial charge in [-0.1, -0.05) is 66.7 Å². The van der Waals surface area contributed by atoms with E-state index in [-0.39, 0.29) is 0 Å². The second kappa shape index (κ2) is 7.70. The second-order valence-corrected chi connectivity index (χ2v) is 5.76. The molecule has 2 nitrogen and oxygen atoms in total. The molecule has 0 atom stereocenters. The van der Waals surface area contributed by atoms with Crippen molar-refractivity contribution in [3.8, 4) is 0 Å². The van der Waals surface area contributed by atoms with Gasteiger partial charge in [0.2, 0.25) is 0 Å². The molecule has 2 N–H and O–H groups in total. The summed E-state index contributed by atoms with van der Waals surface area (Å²) in [4.78, 5) is 0. The van der Waals surface area contributed by atoms with E-state index >= 15 is 0 Å². The third kappa shape index (κ3) is 3.85. The Labute approximate surface area is 138 Å². The SMILES string of the molecule is NC[n+]1ccccc1CCC(c1ccccc1)c1ccccc1. The maximum atomic E-state index is 5.84. The minimum atomic E-state index is 0.406. The third-order valence-electron chi connectivity index (χ3n) is 4.32. The summed E-state index contributed by atoms with van der Waals surface area (Å²) < 4.78 is 2.12. The minimum Gasteiger partial charge on any atom is -0.275 e. The van der Waals surface area contributed by atoms with Crippen molar-refractivity contribution in [1.29, 1.82) is 0 Å². The predicted molar refractivity (Wildman–Crippen MR) is 93.9 cm³/mol. The second-order valence-electron chi connectivity index (χ2n) is 5.76. The average molecular weight is 303 g/mol. The van der Waals surface area contributed by atoms with E-state index in [1.807, 2.05) is 6.07 Å². The zero-order chi connectivity index (χ0) is 15.9. The number of nitrogens with two attached hydrogens (primary N) is 1. The number of rotatable bonds is 6. The van der Waals surface area contributed by atoms with E-state index in [0.29, 0.717) is 12.6 Å². The van der Waals surface area contributed by atoms with Crippen LogP contribution in [0.5, 0.6) is 0 Å². The molecule has 116 valence electrons. The predicted octanol–water partition coefficient (Wildman–Crippen LogP) is 3.66. The Bertz CT molecular complexity index is 684. The van der Waals surface area contributed by atoms with E-state index in [1.54, 1.807) is 0 Å². The summed E-state index contributed by atoms with van der Waals surface area (Å²) in [5.41, 5.74) is 9.87. The van der Waals surface area contributed by atoms with Crippen molar-refractivity contribution in [3.05, 3.63) is 102 Å². The van der Waals surface area contributed by atoms with Crippen LogP contribution in [0.3, 0.4) is 0 Å².